The van der Waals surface area contributed by atoms with Gasteiger partial charge in [0.2, 0.25) is 0 Å². The van der Waals surface area contributed by atoms with Crippen LogP contribution in [0.1, 0.15) is 10.4 Å². The number of amides is 1. The summed E-state index contributed by atoms with van der Waals surface area (Å²) in [6.45, 7) is 0. The maximum absolute atomic E-state index is 13.5. The molecule has 0 aromatic heterocycles. The molecule has 1 aliphatic rings. The highest BCUT2D eigenvalue weighted by Gasteiger charge is 2.29. The van der Waals surface area contributed by atoms with E-state index >= 15 is 0 Å². The summed E-state index contributed by atoms with van der Waals surface area (Å²) in [5, 5.41) is 0.582. The molecule has 0 radical (unpaired) electrons. The number of carbonyl (C=O) groups excluding carboxylic acids is 1. The summed E-state index contributed by atoms with van der Waals surface area (Å²) < 4.78 is 10.6. The van der Waals surface area contributed by atoms with Gasteiger partial charge in [-0.25, -0.2) is 0 Å². The molecule has 6 heteroatoms. The molecule has 0 unspecified atom stereocenters. The van der Waals surface area contributed by atoms with Crippen molar-refractivity contribution in [1.29, 1.82) is 0 Å². The first-order valence-electron chi connectivity index (χ1n) is 8.25. The zero-order chi connectivity index (χ0) is 19.0. The Morgan fingerprint density at radius 1 is 0.889 bits per heavy atom. The van der Waals surface area contributed by atoms with E-state index in [0.29, 0.717) is 22.1 Å². The standard InChI is InChI=1S/C21H16ClNO3S/c1-25-17-9-7-13(11-18(17)26-2)21(24)23-15-5-3-4-6-19(15)27-20-10-8-14(22)12-16(20)23/h3-12H,1-2H3. The van der Waals surface area contributed by atoms with Gasteiger partial charge in [0.05, 0.1) is 25.6 Å². The fourth-order valence-electron chi connectivity index (χ4n) is 3.05. The quantitative estimate of drug-likeness (QED) is 0.559. The molecular formula is C21H16ClNO3S. The maximum atomic E-state index is 13.5. The van der Waals surface area contributed by atoms with E-state index in [9.17, 15) is 4.79 Å². The molecule has 1 amide bonds. The first-order valence-corrected chi connectivity index (χ1v) is 9.44. The number of rotatable bonds is 3. The molecule has 4 rings (SSSR count). The molecule has 136 valence electrons. The smallest absolute Gasteiger partial charge is 0.263 e. The van der Waals surface area contributed by atoms with Gasteiger partial charge in [-0.1, -0.05) is 35.5 Å². The second-order valence-corrected chi connectivity index (χ2v) is 7.41. The molecule has 1 heterocycles. The first-order chi connectivity index (χ1) is 13.1. The van der Waals surface area contributed by atoms with E-state index in [0.717, 1.165) is 21.2 Å². The third-order valence-electron chi connectivity index (χ3n) is 4.32. The lowest BCUT2D eigenvalue weighted by Gasteiger charge is -2.31. The lowest BCUT2D eigenvalue weighted by atomic mass is 10.1. The van der Waals surface area contributed by atoms with Crippen molar-refractivity contribution in [2.24, 2.45) is 0 Å². The Balaban J connectivity index is 1.86. The van der Waals surface area contributed by atoms with E-state index in [1.807, 2.05) is 42.5 Å². The Bertz CT molecular complexity index is 1040. The van der Waals surface area contributed by atoms with Crippen LogP contribution in [0.25, 0.3) is 0 Å². The van der Waals surface area contributed by atoms with Crippen molar-refractivity contribution in [3.8, 4) is 11.5 Å². The first kappa shape index (κ1) is 17.8. The van der Waals surface area contributed by atoms with Crippen LogP contribution in [-0.2, 0) is 0 Å². The van der Waals surface area contributed by atoms with Crippen LogP contribution in [0.15, 0.2) is 70.5 Å². The molecule has 27 heavy (non-hydrogen) atoms. The van der Waals surface area contributed by atoms with Crippen molar-refractivity contribution in [3.63, 3.8) is 0 Å². The van der Waals surface area contributed by atoms with Crippen molar-refractivity contribution >= 4 is 40.6 Å². The summed E-state index contributed by atoms with van der Waals surface area (Å²) in [5.74, 6) is 0.925. The molecule has 3 aromatic carbocycles. The van der Waals surface area contributed by atoms with E-state index in [1.165, 1.54) is 0 Å². The van der Waals surface area contributed by atoms with Gasteiger partial charge in [0.1, 0.15) is 0 Å². The minimum atomic E-state index is -0.160. The number of halogens is 1. The number of nitrogens with zero attached hydrogens (tertiary/aromatic N) is 1. The second kappa shape index (κ2) is 7.18. The zero-order valence-corrected chi connectivity index (χ0v) is 16.3. The summed E-state index contributed by atoms with van der Waals surface area (Å²) in [4.78, 5) is 17.2. The van der Waals surface area contributed by atoms with Gasteiger partial charge in [0.15, 0.2) is 11.5 Å². The largest absolute Gasteiger partial charge is 0.493 e. The molecule has 0 spiro atoms. The van der Waals surface area contributed by atoms with Crippen molar-refractivity contribution in [3.05, 3.63) is 71.2 Å². The van der Waals surface area contributed by atoms with Crippen LogP contribution in [0.2, 0.25) is 5.02 Å². The number of methoxy groups -OCH3 is 2. The Labute approximate surface area is 166 Å². The average Bonchev–Trinajstić information content (AvgIpc) is 2.71. The van der Waals surface area contributed by atoms with Crippen LogP contribution in [0.3, 0.4) is 0 Å². The predicted molar refractivity (Wildman–Crippen MR) is 108 cm³/mol. The molecular weight excluding hydrogens is 382 g/mol. The van der Waals surface area contributed by atoms with E-state index in [2.05, 4.69) is 0 Å². The maximum Gasteiger partial charge on any atom is 0.263 e. The van der Waals surface area contributed by atoms with E-state index < -0.39 is 0 Å². The van der Waals surface area contributed by atoms with Crippen LogP contribution < -0.4 is 14.4 Å². The molecule has 0 aliphatic carbocycles. The van der Waals surface area contributed by atoms with Crippen molar-refractivity contribution in [2.45, 2.75) is 9.79 Å². The van der Waals surface area contributed by atoms with Crippen LogP contribution >= 0.6 is 23.4 Å². The Morgan fingerprint density at radius 3 is 2.41 bits per heavy atom. The molecule has 0 bridgehead atoms. The highest BCUT2D eigenvalue weighted by Crippen LogP contribution is 2.49. The van der Waals surface area contributed by atoms with Gasteiger partial charge in [-0.05, 0) is 48.5 Å². The monoisotopic (exact) mass is 397 g/mol. The Hall–Kier alpha value is -2.63. The molecule has 0 atom stereocenters. The normalized spacial score (nSPS) is 12.2. The molecule has 3 aromatic rings. The van der Waals surface area contributed by atoms with E-state index in [-0.39, 0.29) is 5.91 Å². The van der Waals surface area contributed by atoms with Crippen LogP contribution in [0.4, 0.5) is 11.4 Å². The van der Waals surface area contributed by atoms with Gasteiger partial charge in [-0.15, -0.1) is 0 Å². The molecule has 1 aliphatic heterocycles. The third-order valence-corrected chi connectivity index (χ3v) is 5.69. The molecule has 0 saturated heterocycles. The van der Waals surface area contributed by atoms with Crippen LogP contribution in [-0.4, -0.2) is 20.1 Å². The molecule has 4 nitrogen and oxygen atoms in total. The van der Waals surface area contributed by atoms with Crippen molar-refractivity contribution in [2.75, 3.05) is 19.1 Å². The number of carbonyl (C=O) groups is 1. The highest BCUT2D eigenvalue weighted by atomic mass is 35.5. The van der Waals surface area contributed by atoms with Gasteiger partial charge in [0, 0.05) is 20.4 Å². The lowest BCUT2D eigenvalue weighted by molar-refractivity contribution is 0.0998. The number of benzene rings is 3. The minimum absolute atomic E-state index is 0.160. The summed E-state index contributed by atoms with van der Waals surface area (Å²) >= 11 is 7.85. The van der Waals surface area contributed by atoms with Crippen LogP contribution in [0, 0.1) is 0 Å². The number of hydrogen-bond donors (Lipinski definition) is 0. The second-order valence-electron chi connectivity index (χ2n) is 5.89. The summed E-state index contributed by atoms with van der Waals surface area (Å²) in [6.07, 6.45) is 0. The summed E-state index contributed by atoms with van der Waals surface area (Å²) in [6, 6.07) is 18.6. The number of para-hydroxylation sites is 1. The zero-order valence-electron chi connectivity index (χ0n) is 14.7. The van der Waals surface area contributed by atoms with Gasteiger partial charge in [0.25, 0.3) is 5.91 Å². The Morgan fingerprint density at radius 2 is 1.63 bits per heavy atom. The number of anilines is 2. The highest BCUT2D eigenvalue weighted by molar-refractivity contribution is 7.99. The van der Waals surface area contributed by atoms with E-state index in [4.69, 9.17) is 21.1 Å². The summed E-state index contributed by atoms with van der Waals surface area (Å²) in [7, 11) is 3.11. The summed E-state index contributed by atoms with van der Waals surface area (Å²) in [5.41, 5.74) is 2.10. The van der Waals surface area contributed by atoms with Gasteiger partial charge in [-0.2, -0.15) is 0 Å². The average molecular weight is 398 g/mol. The molecule has 0 saturated carbocycles. The Kier molecular flexibility index (Phi) is 4.72. The fraction of sp³-hybridized carbons (Fsp3) is 0.0952. The number of ether oxygens (including phenoxy) is 2. The molecule has 0 fully saturated rings. The van der Waals surface area contributed by atoms with Crippen molar-refractivity contribution < 1.29 is 14.3 Å². The molecule has 0 N–H and O–H groups in total. The lowest BCUT2D eigenvalue weighted by Crippen LogP contribution is -2.28. The van der Waals surface area contributed by atoms with E-state index in [1.54, 1.807) is 49.1 Å². The van der Waals surface area contributed by atoms with Crippen LogP contribution in [0.5, 0.6) is 11.5 Å². The van der Waals surface area contributed by atoms with Gasteiger partial charge in [-0.3, -0.25) is 9.69 Å². The number of hydrogen-bond acceptors (Lipinski definition) is 4. The van der Waals surface area contributed by atoms with Gasteiger partial charge < -0.3 is 9.47 Å². The predicted octanol–water partition coefficient (Wildman–Crippen LogP) is 5.80. The topological polar surface area (TPSA) is 38.8 Å². The third kappa shape index (κ3) is 3.13. The minimum Gasteiger partial charge on any atom is -0.493 e. The number of fused-ring (bicyclic) bond motifs is 2. The fourth-order valence-corrected chi connectivity index (χ4v) is 4.25. The van der Waals surface area contributed by atoms with Gasteiger partial charge >= 0.3 is 0 Å². The van der Waals surface area contributed by atoms with Crippen molar-refractivity contribution in [1.82, 2.24) is 0 Å². The SMILES string of the molecule is COc1ccc(C(=O)N2c3ccccc3Sc3ccc(Cl)cc32)cc1OC.